The smallest absolute Gasteiger partial charge is 0.340 e. The average molecular weight is 378 g/mol. The van der Waals surface area contributed by atoms with Gasteiger partial charge in [-0.15, -0.1) is 11.3 Å². The van der Waals surface area contributed by atoms with Crippen LogP contribution in [0, 0.1) is 27.7 Å². The standard InChI is InChI=1S/C23H22O3S/c1-14-5-9-18(10-6-14)21(24)22(19-11-7-15(2)8-12-19)26-23(25)20-13-16(3)27-17(20)4/h5-13,22H,1-4H3/t22-/m0/s1. The Kier molecular flexibility index (Phi) is 5.57. The number of ketones is 1. The van der Waals surface area contributed by atoms with Crippen molar-refractivity contribution in [3.05, 3.63) is 92.2 Å². The minimum atomic E-state index is -0.972. The van der Waals surface area contributed by atoms with Gasteiger partial charge in [-0.3, -0.25) is 4.79 Å². The second-order valence-corrected chi connectivity index (χ2v) is 8.21. The molecule has 3 rings (SSSR count). The summed E-state index contributed by atoms with van der Waals surface area (Å²) in [5.41, 5.74) is 3.86. The third-order valence-corrected chi connectivity index (χ3v) is 5.41. The van der Waals surface area contributed by atoms with Gasteiger partial charge in [-0.05, 0) is 33.8 Å². The van der Waals surface area contributed by atoms with Crippen molar-refractivity contribution in [3.63, 3.8) is 0 Å². The lowest BCUT2D eigenvalue weighted by Gasteiger charge is -2.18. The molecule has 0 aliphatic heterocycles. The Morgan fingerprint density at radius 1 is 0.852 bits per heavy atom. The van der Waals surface area contributed by atoms with Gasteiger partial charge in [0.1, 0.15) is 0 Å². The Morgan fingerprint density at radius 3 is 1.93 bits per heavy atom. The van der Waals surface area contributed by atoms with Gasteiger partial charge in [0.15, 0.2) is 6.10 Å². The maximum atomic E-state index is 13.1. The third kappa shape index (κ3) is 4.34. The first-order chi connectivity index (χ1) is 12.8. The molecule has 138 valence electrons. The van der Waals surface area contributed by atoms with Gasteiger partial charge in [0.05, 0.1) is 5.56 Å². The van der Waals surface area contributed by atoms with E-state index in [-0.39, 0.29) is 5.78 Å². The molecule has 0 amide bonds. The highest BCUT2D eigenvalue weighted by atomic mass is 32.1. The Hall–Kier alpha value is -2.72. The van der Waals surface area contributed by atoms with Crippen molar-refractivity contribution in [3.8, 4) is 0 Å². The maximum Gasteiger partial charge on any atom is 0.340 e. The number of ether oxygens (including phenoxy) is 1. The van der Waals surface area contributed by atoms with Gasteiger partial charge in [-0.25, -0.2) is 4.79 Å². The Bertz CT molecular complexity index is 966. The lowest BCUT2D eigenvalue weighted by atomic mass is 9.98. The van der Waals surface area contributed by atoms with E-state index in [1.165, 1.54) is 0 Å². The highest BCUT2D eigenvalue weighted by Gasteiger charge is 2.27. The van der Waals surface area contributed by atoms with E-state index in [0.29, 0.717) is 16.7 Å². The van der Waals surface area contributed by atoms with Crippen molar-refractivity contribution in [2.75, 3.05) is 0 Å². The summed E-state index contributed by atoms with van der Waals surface area (Å²) in [6.07, 6.45) is -0.972. The summed E-state index contributed by atoms with van der Waals surface area (Å²) in [5.74, 6) is -0.695. The van der Waals surface area contributed by atoms with Crippen molar-refractivity contribution >= 4 is 23.1 Å². The van der Waals surface area contributed by atoms with E-state index in [4.69, 9.17) is 4.74 Å². The zero-order valence-electron chi connectivity index (χ0n) is 15.9. The molecule has 3 nitrogen and oxygen atoms in total. The number of esters is 1. The third-order valence-electron chi connectivity index (χ3n) is 4.44. The summed E-state index contributed by atoms with van der Waals surface area (Å²) in [6, 6.07) is 16.6. The topological polar surface area (TPSA) is 43.4 Å². The number of aryl methyl sites for hydroxylation is 4. The molecule has 2 aromatic carbocycles. The first-order valence-electron chi connectivity index (χ1n) is 8.80. The number of hydrogen-bond donors (Lipinski definition) is 0. The number of Topliss-reactive ketones (excluding diaryl/α,β-unsaturated/α-hetero) is 1. The van der Waals surface area contributed by atoms with Crippen LogP contribution >= 0.6 is 11.3 Å². The molecule has 0 spiro atoms. The predicted octanol–water partition coefficient (Wildman–Crippen LogP) is 5.76. The molecule has 1 aromatic heterocycles. The second kappa shape index (κ2) is 7.89. The molecule has 0 N–H and O–H groups in total. The van der Waals surface area contributed by atoms with E-state index >= 15 is 0 Å². The minimum Gasteiger partial charge on any atom is -0.445 e. The lowest BCUT2D eigenvalue weighted by Crippen LogP contribution is -2.20. The zero-order chi connectivity index (χ0) is 19.6. The monoisotopic (exact) mass is 378 g/mol. The minimum absolute atomic E-state index is 0.225. The van der Waals surface area contributed by atoms with Crippen LogP contribution < -0.4 is 0 Å². The zero-order valence-corrected chi connectivity index (χ0v) is 16.7. The summed E-state index contributed by atoms with van der Waals surface area (Å²) in [4.78, 5) is 27.8. The first kappa shape index (κ1) is 19.1. The molecule has 3 aromatic rings. The summed E-state index contributed by atoms with van der Waals surface area (Å²) in [6.45, 7) is 7.78. The number of carbonyl (C=O) groups is 2. The first-order valence-corrected chi connectivity index (χ1v) is 9.62. The molecule has 4 heteroatoms. The molecule has 0 fully saturated rings. The van der Waals surface area contributed by atoms with Gasteiger partial charge in [-0.2, -0.15) is 0 Å². The SMILES string of the molecule is Cc1ccc(C(=O)[C@@H](OC(=O)c2cc(C)sc2C)c2ccc(C)cc2)cc1. The maximum absolute atomic E-state index is 13.1. The van der Waals surface area contributed by atoms with E-state index in [9.17, 15) is 9.59 Å². The molecule has 1 heterocycles. The molecule has 0 saturated carbocycles. The molecule has 0 aliphatic carbocycles. The fourth-order valence-corrected chi connectivity index (χ4v) is 3.80. The van der Waals surface area contributed by atoms with Crippen LogP contribution in [0.15, 0.2) is 54.6 Å². The summed E-state index contributed by atoms with van der Waals surface area (Å²) < 4.78 is 5.72. The number of rotatable bonds is 5. The van der Waals surface area contributed by atoms with Gasteiger partial charge in [0, 0.05) is 20.9 Å². The van der Waals surface area contributed by atoms with Crippen molar-refractivity contribution in [2.45, 2.75) is 33.8 Å². The average Bonchev–Trinajstić information content (AvgIpc) is 2.99. The van der Waals surface area contributed by atoms with Crippen LogP contribution in [0.1, 0.15) is 53.3 Å². The Balaban J connectivity index is 1.95. The molecule has 1 atom stereocenters. The predicted molar refractivity (Wildman–Crippen MR) is 109 cm³/mol. The number of hydrogen-bond acceptors (Lipinski definition) is 4. The van der Waals surface area contributed by atoms with Crippen LogP contribution in [0.25, 0.3) is 0 Å². The molecular weight excluding hydrogens is 356 g/mol. The molecule has 0 aliphatic rings. The number of thiophene rings is 1. The number of carbonyl (C=O) groups excluding carboxylic acids is 2. The second-order valence-electron chi connectivity index (χ2n) is 6.75. The fourth-order valence-electron chi connectivity index (χ4n) is 2.89. The van der Waals surface area contributed by atoms with Gasteiger partial charge in [0.2, 0.25) is 5.78 Å². The van der Waals surface area contributed by atoms with Crippen molar-refractivity contribution < 1.29 is 14.3 Å². The normalized spacial score (nSPS) is 11.9. The molecule has 0 bridgehead atoms. The van der Waals surface area contributed by atoms with Gasteiger partial charge in [-0.1, -0.05) is 59.7 Å². The molecule has 0 saturated heterocycles. The highest BCUT2D eigenvalue weighted by molar-refractivity contribution is 7.12. The quantitative estimate of drug-likeness (QED) is 0.418. The van der Waals surface area contributed by atoms with Gasteiger partial charge < -0.3 is 4.74 Å². The summed E-state index contributed by atoms with van der Waals surface area (Å²) >= 11 is 1.54. The lowest BCUT2D eigenvalue weighted by molar-refractivity contribution is 0.0280. The number of benzene rings is 2. The van der Waals surface area contributed by atoms with Crippen LogP contribution in [-0.2, 0) is 4.74 Å². The van der Waals surface area contributed by atoms with Crippen molar-refractivity contribution in [1.29, 1.82) is 0 Å². The Morgan fingerprint density at radius 2 is 1.41 bits per heavy atom. The van der Waals surface area contributed by atoms with E-state index in [1.807, 2.05) is 70.2 Å². The summed E-state index contributed by atoms with van der Waals surface area (Å²) in [7, 11) is 0. The molecule has 0 radical (unpaired) electrons. The van der Waals surface area contributed by atoms with Gasteiger partial charge >= 0.3 is 5.97 Å². The van der Waals surface area contributed by atoms with Crippen LogP contribution in [0.2, 0.25) is 0 Å². The van der Waals surface area contributed by atoms with Crippen molar-refractivity contribution in [1.82, 2.24) is 0 Å². The highest BCUT2D eigenvalue weighted by Crippen LogP contribution is 2.27. The van der Waals surface area contributed by atoms with Crippen LogP contribution in [0.3, 0.4) is 0 Å². The largest absolute Gasteiger partial charge is 0.445 e. The van der Waals surface area contributed by atoms with E-state index in [2.05, 4.69) is 0 Å². The van der Waals surface area contributed by atoms with Crippen LogP contribution in [0.4, 0.5) is 0 Å². The summed E-state index contributed by atoms with van der Waals surface area (Å²) in [5, 5.41) is 0. The molecular formula is C23H22O3S. The van der Waals surface area contributed by atoms with E-state index in [1.54, 1.807) is 23.5 Å². The fraction of sp³-hybridized carbons (Fsp3) is 0.217. The molecule has 0 unspecified atom stereocenters. The van der Waals surface area contributed by atoms with E-state index < -0.39 is 12.1 Å². The van der Waals surface area contributed by atoms with Crippen molar-refractivity contribution in [2.24, 2.45) is 0 Å². The van der Waals surface area contributed by atoms with Gasteiger partial charge in [0.25, 0.3) is 0 Å². The van der Waals surface area contributed by atoms with Crippen LogP contribution in [0.5, 0.6) is 0 Å². The van der Waals surface area contributed by atoms with Crippen LogP contribution in [-0.4, -0.2) is 11.8 Å². The van der Waals surface area contributed by atoms with E-state index in [0.717, 1.165) is 20.9 Å². The molecule has 27 heavy (non-hydrogen) atoms. The Labute approximate surface area is 163 Å².